The summed E-state index contributed by atoms with van der Waals surface area (Å²) in [6, 6.07) is 1.90. The van der Waals surface area contributed by atoms with Gasteiger partial charge in [-0.05, 0) is 55.9 Å². The van der Waals surface area contributed by atoms with Gasteiger partial charge in [-0.1, -0.05) is 6.92 Å². The second-order valence-corrected chi connectivity index (χ2v) is 7.86. The number of esters is 1. The maximum Gasteiger partial charge on any atom is 0.573 e. The lowest BCUT2D eigenvalue weighted by Crippen LogP contribution is -2.29. The van der Waals surface area contributed by atoms with Crippen LogP contribution in [-0.2, 0) is 10.8 Å². The van der Waals surface area contributed by atoms with Gasteiger partial charge in [0.2, 0.25) is 0 Å². The molecule has 3 rings (SSSR count). The van der Waals surface area contributed by atoms with E-state index in [2.05, 4.69) is 9.47 Å². The van der Waals surface area contributed by atoms with Crippen LogP contribution in [0.25, 0.3) is 0 Å². The van der Waals surface area contributed by atoms with Gasteiger partial charge in [0.25, 0.3) is 0 Å². The van der Waals surface area contributed by atoms with E-state index in [1.165, 1.54) is 0 Å². The molecule has 1 fully saturated rings. The average molecular weight is 500 g/mol. The van der Waals surface area contributed by atoms with Crippen LogP contribution in [0.5, 0.6) is 11.5 Å². The van der Waals surface area contributed by atoms with E-state index in [0.29, 0.717) is 49.8 Å². The van der Waals surface area contributed by atoms with Crippen molar-refractivity contribution in [3.8, 4) is 11.5 Å². The summed E-state index contributed by atoms with van der Waals surface area (Å²) in [7, 11) is 0. The minimum Gasteiger partial charge on any atom is -0.423 e. The first-order valence-corrected chi connectivity index (χ1v) is 10.1. The maximum atomic E-state index is 14.5. The highest BCUT2D eigenvalue weighted by Gasteiger charge is 2.39. The van der Waals surface area contributed by atoms with Crippen molar-refractivity contribution in [2.24, 2.45) is 5.92 Å². The van der Waals surface area contributed by atoms with Crippen LogP contribution in [0.3, 0.4) is 0 Å². The molecular formula is C22H20F8O4. The van der Waals surface area contributed by atoms with Crippen molar-refractivity contribution in [3.63, 3.8) is 0 Å². The van der Waals surface area contributed by atoms with Gasteiger partial charge in [0.15, 0.2) is 11.6 Å². The predicted molar refractivity (Wildman–Crippen MR) is 103 cm³/mol. The second-order valence-electron chi connectivity index (χ2n) is 7.86. The van der Waals surface area contributed by atoms with Crippen LogP contribution < -0.4 is 9.47 Å². The Morgan fingerprint density at radius 2 is 1.50 bits per heavy atom. The summed E-state index contributed by atoms with van der Waals surface area (Å²) in [6.07, 6.45) is -7.98. The molecule has 0 N–H and O–H groups in total. The third-order valence-electron chi connectivity index (χ3n) is 5.20. The normalized spacial score (nSPS) is 19.1. The fourth-order valence-electron chi connectivity index (χ4n) is 3.47. The van der Waals surface area contributed by atoms with Gasteiger partial charge in [-0.2, -0.15) is 8.78 Å². The Hall–Kier alpha value is -2.89. The number of carbonyl (C=O) groups is 1. The minimum atomic E-state index is -5.19. The third-order valence-corrected chi connectivity index (χ3v) is 5.20. The molecule has 0 spiro atoms. The smallest absolute Gasteiger partial charge is 0.423 e. The van der Waals surface area contributed by atoms with E-state index in [4.69, 9.17) is 4.74 Å². The van der Waals surface area contributed by atoms with Gasteiger partial charge in [-0.3, -0.25) is 0 Å². The number of rotatable bonds is 6. The average Bonchev–Trinajstić information content (AvgIpc) is 2.70. The van der Waals surface area contributed by atoms with Gasteiger partial charge >= 0.3 is 18.4 Å². The van der Waals surface area contributed by atoms with Crippen LogP contribution in [0.2, 0.25) is 0 Å². The molecule has 2 aromatic rings. The standard InChI is InChI=1S/C22H18F8O4.H2/c1-11-2-4-13(5-3-11)33-21(26,27)12-8-16(24)19(17(25)9-12)20(31)32-14-6-7-18(15(23)10-14)34-22(28,29)30;/h6-11,13H,2-5H2,1H3;1H. The Bertz CT molecular complexity index is 1030. The quantitative estimate of drug-likeness (QED) is 0.241. The monoisotopic (exact) mass is 500 g/mol. The van der Waals surface area contributed by atoms with Crippen LogP contribution in [0.1, 0.15) is 50.0 Å². The Kier molecular flexibility index (Phi) is 7.39. The topological polar surface area (TPSA) is 44.8 Å². The van der Waals surface area contributed by atoms with E-state index in [1.807, 2.05) is 6.92 Å². The van der Waals surface area contributed by atoms with Gasteiger partial charge < -0.3 is 14.2 Å². The molecule has 0 bridgehead atoms. The van der Waals surface area contributed by atoms with E-state index in [9.17, 15) is 39.9 Å². The van der Waals surface area contributed by atoms with Gasteiger partial charge in [-0.15, -0.1) is 13.2 Å². The number of hydrogen-bond acceptors (Lipinski definition) is 4. The molecule has 0 atom stereocenters. The molecule has 0 heterocycles. The molecule has 1 aliphatic carbocycles. The van der Waals surface area contributed by atoms with Crippen molar-refractivity contribution in [2.45, 2.75) is 51.2 Å². The van der Waals surface area contributed by atoms with Gasteiger partial charge in [0, 0.05) is 7.49 Å². The number of halogens is 8. The van der Waals surface area contributed by atoms with Crippen molar-refractivity contribution in [3.05, 3.63) is 58.9 Å². The van der Waals surface area contributed by atoms with E-state index in [0.717, 1.165) is 0 Å². The summed E-state index contributed by atoms with van der Waals surface area (Å²) >= 11 is 0. The Morgan fingerprint density at radius 1 is 0.912 bits per heavy atom. The fourth-order valence-corrected chi connectivity index (χ4v) is 3.47. The lowest BCUT2D eigenvalue weighted by Gasteiger charge is -2.30. The number of carbonyl (C=O) groups excluding carboxylic acids is 1. The molecule has 4 nitrogen and oxygen atoms in total. The number of benzene rings is 2. The largest absolute Gasteiger partial charge is 0.573 e. The summed E-state index contributed by atoms with van der Waals surface area (Å²) in [6.45, 7) is 1.97. The van der Waals surface area contributed by atoms with Gasteiger partial charge in [-0.25, -0.2) is 18.0 Å². The van der Waals surface area contributed by atoms with E-state index >= 15 is 0 Å². The molecule has 0 radical (unpaired) electrons. The molecule has 0 saturated heterocycles. The number of alkyl halides is 5. The predicted octanol–water partition coefficient (Wildman–Crippen LogP) is 7.11. The van der Waals surface area contributed by atoms with Crippen molar-refractivity contribution in [1.82, 2.24) is 0 Å². The van der Waals surface area contributed by atoms with E-state index < -0.39 is 64.6 Å². The molecular weight excluding hydrogens is 480 g/mol. The molecule has 1 aliphatic rings. The third kappa shape index (κ3) is 6.37. The van der Waals surface area contributed by atoms with Gasteiger partial charge in [0.05, 0.1) is 11.7 Å². The van der Waals surface area contributed by atoms with Crippen LogP contribution in [0.15, 0.2) is 30.3 Å². The molecule has 34 heavy (non-hydrogen) atoms. The minimum absolute atomic E-state index is 0. The molecule has 188 valence electrons. The highest BCUT2D eigenvalue weighted by Crippen LogP contribution is 2.37. The summed E-state index contributed by atoms with van der Waals surface area (Å²) in [5.74, 6) is -8.28. The van der Waals surface area contributed by atoms with Crippen molar-refractivity contribution in [2.75, 3.05) is 0 Å². The zero-order valence-corrected chi connectivity index (χ0v) is 17.5. The molecule has 0 unspecified atom stereocenters. The molecule has 12 heteroatoms. The van der Waals surface area contributed by atoms with Crippen LogP contribution in [-0.4, -0.2) is 18.4 Å². The first-order chi connectivity index (χ1) is 15.7. The van der Waals surface area contributed by atoms with E-state index in [1.54, 1.807) is 0 Å². The highest BCUT2D eigenvalue weighted by atomic mass is 19.4. The van der Waals surface area contributed by atoms with Crippen molar-refractivity contribution < 1.29 is 55.6 Å². The second kappa shape index (κ2) is 9.77. The zero-order valence-electron chi connectivity index (χ0n) is 17.5. The molecule has 0 aliphatic heterocycles. The van der Waals surface area contributed by atoms with Crippen LogP contribution in [0, 0.1) is 23.4 Å². The summed E-state index contributed by atoms with van der Waals surface area (Å²) < 4.78 is 121. The first-order valence-electron chi connectivity index (χ1n) is 10.1. The lowest BCUT2D eigenvalue weighted by atomic mass is 9.89. The number of ether oxygens (including phenoxy) is 3. The SMILES string of the molecule is CC1CCC(OC(F)(F)c2cc(F)c(C(=O)Oc3ccc(OC(F)(F)F)c(F)c3)c(F)c2)CC1.[HH]. The van der Waals surface area contributed by atoms with Gasteiger partial charge in [0.1, 0.15) is 22.9 Å². The molecule has 0 aromatic heterocycles. The van der Waals surface area contributed by atoms with Crippen LogP contribution in [0.4, 0.5) is 35.1 Å². The summed E-state index contributed by atoms with van der Waals surface area (Å²) in [5.41, 5.74) is -2.51. The summed E-state index contributed by atoms with van der Waals surface area (Å²) in [5, 5.41) is 0. The van der Waals surface area contributed by atoms with Crippen molar-refractivity contribution in [1.29, 1.82) is 0 Å². The van der Waals surface area contributed by atoms with Crippen LogP contribution >= 0.6 is 0 Å². The maximum absolute atomic E-state index is 14.5. The lowest BCUT2D eigenvalue weighted by molar-refractivity contribution is -0.278. The highest BCUT2D eigenvalue weighted by molar-refractivity contribution is 5.91. The summed E-state index contributed by atoms with van der Waals surface area (Å²) in [4.78, 5) is 12.1. The fraction of sp³-hybridized carbons (Fsp3) is 0.409. The Balaban J connectivity index is 0.00000432. The molecule has 1 saturated carbocycles. The van der Waals surface area contributed by atoms with E-state index in [-0.39, 0.29) is 13.6 Å². The molecule has 0 amide bonds. The number of hydrogen-bond donors (Lipinski definition) is 0. The first kappa shape index (κ1) is 25.7. The van der Waals surface area contributed by atoms with Crippen molar-refractivity contribution >= 4 is 5.97 Å². The Labute approximate surface area is 189 Å². The molecule has 2 aromatic carbocycles. The zero-order chi connectivity index (χ0) is 25.3. The Morgan fingerprint density at radius 3 is 2.03 bits per heavy atom.